The highest BCUT2D eigenvalue weighted by Gasteiger charge is 2.00. The first kappa shape index (κ1) is 13.2. The monoisotopic (exact) mass is 251 g/mol. The van der Waals surface area contributed by atoms with Gasteiger partial charge < -0.3 is 5.73 Å². The molecule has 0 aliphatic carbocycles. The summed E-state index contributed by atoms with van der Waals surface area (Å²) < 4.78 is 0. The van der Waals surface area contributed by atoms with Gasteiger partial charge in [0, 0.05) is 12.1 Å². The quantitative estimate of drug-likeness (QED) is 0.647. The van der Waals surface area contributed by atoms with Gasteiger partial charge >= 0.3 is 0 Å². The lowest BCUT2D eigenvalue weighted by atomic mass is 9.97. The smallest absolute Gasteiger partial charge is 0.107 e. The molecule has 1 aromatic carbocycles. The molecule has 0 aliphatic heterocycles. The highest BCUT2D eigenvalue weighted by atomic mass is 35.5. The summed E-state index contributed by atoms with van der Waals surface area (Å²) >= 11 is 11.7. The van der Waals surface area contributed by atoms with Gasteiger partial charge in [-0.3, -0.25) is 0 Å². The number of hydrogen-bond donors (Lipinski definition) is 1. The van der Waals surface area contributed by atoms with E-state index < -0.39 is 0 Å². The van der Waals surface area contributed by atoms with Gasteiger partial charge in [0.25, 0.3) is 0 Å². The van der Waals surface area contributed by atoms with Gasteiger partial charge in [-0.15, -0.1) is 5.47 Å². The van der Waals surface area contributed by atoms with Gasteiger partial charge in [-0.1, -0.05) is 42.3 Å². The Balaban J connectivity index is 2.77. The fraction of sp³-hybridized carbons (Fsp3) is 0.167. The first-order valence-corrected chi connectivity index (χ1v) is 5.57. The Hall–Kier alpha value is -0.855. The molecule has 0 heterocycles. The van der Waals surface area contributed by atoms with Crippen molar-refractivity contribution in [3.05, 3.63) is 57.1 Å². The number of nitrogens with two attached hydrogens (primary N) is 1. The molecule has 2 radical (unpaired) electrons. The maximum absolute atomic E-state index is 5.90. The van der Waals surface area contributed by atoms with Crippen LogP contribution in [0.15, 0.2) is 41.5 Å². The molecular formula is C12H12BCl2N. The Morgan fingerprint density at radius 1 is 1.31 bits per heavy atom. The summed E-state index contributed by atoms with van der Waals surface area (Å²) in [6.07, 6.45) is 4.19. The Morgan fingerprint density at radius 3 is 2.56 bits per heavy atom. The second kappa shape index (κ2) is 6.02. The maximum atomic E-state index is 5.90. The molecule has 1 nitrogen and oxygen atoms in total. The number of allylic oxidation sites excluding steroid dienone is 4. The minimum atomic E-state index is 0.539. The fourth-order valence-electron chi connectivity index (χ4n) is 1.18. The molecule has 0 unspecified atom stereocenters. The van der Waals surface area contributed by atoms with Gasteiger partial charge in [0.05, 0.1) is 10.0 Å². The SMILES string of the molecule is [B]/C(C)=C/C=C(\N)Cc1ccc(Cl)c(Cl)c1. The molecule has 0 amide bonds. The second-order valence-corrected chi connectivity index (χ2v) is 4.39. The van der Waals surface area contributed by atoms with Crippen molar-refractivity contribution in [2.45, 2.75) is 13.3 Å². The summed E-state index contributed by atoms with van der Waals surface area (Å²) in [7, 11) is 5.50. The van der Waals surface area contributed by atoms with E-state index in [1.165, 1.54) is 0 Å². The van der Waals surface area contributed by atoms with Crippen LogP contribution in [0, 0.1) is 0 Å². The largest absolute Gasteiger partial charge is 0.402 e. The van der Waals surface area contributed by atoms with Crippen molar-refractivity contribution >= 4 is 31.0 Å². The minimum absolute atomic E-state index is 0.539. The molecule has 0 atom stereocenters. The van der Waals surface area contributed by atoms with Crippen LogP contribution in [-0.2, 0) is 6.42 Å². The van der Waals surface area contributed by atoms with Gasteiger partial charge in [-0.05, 0) is 23.8 Å². The third kappa shape index (κ3) is 4.34. The van der Waals surface area contributed by atoms with Gasteiger partial charge in [0.2, 0.25) is 0 Å². The zero-order valence-corrected chi connectivity index (χ0v) is 10.5. The molecule has 82 valence electrons. The zero-order valence-electron chi connectivity index (χ0n) is 9.00. The van der Waals surface area contributed by atoms with E-state index in [0.29, 0.717) is 16.5 Å². The molecule has 0 aromatic heterocycles. The van der Waals surface area contributed by atoms with Crippen LogP contribution in [0.3, 0.4) is 0 Å². The normalized spacial score (nSPS) is 12.9. The van der Waals surface area contributed by atoms with E-state index in [0.717, 1.165) is 16.7 Å². The minimum Gasteiger partial charge on any atom is -0.402 e. The first-order valence-electron chi connectivity index (χ1n) is 4.81. The Labute approximate surface area is 107 Å². The van der Waals surface area contributed by atoms with Gasteiger partial charge in [0.15, 0.2) is 0 Å². The van der Waals surface area contributed by atoms with Crippen LogP contribution in [0.1, 0.15) is 12.5 Å². The van der Waals surface area contributed by atoms with Crippen molar-refractivity contribution in [1.82, 2.24) is 0 Å². The van der Waals surface area contributed by atoms with Gasteiger partial charge in [0.1, 0.15) is 7.85 Å². The van der Waals surface area contributed by atoms with Gasteiger partial charge in [-0.2, -0.15) is 0 Å². The number of rotatable bonds is 3. The van der Waals surface area contributed by atoms with Crippen LogP contribution in [0.2, 0.25) is 10.0 Å². The molecule has 2 N–H and O–H groups in total. The highest BCUT2D eigenvalue weighted by Crippen LogP contribution is 2.23. The van der Waals surface area contributed by atoms with Crippen LogP contribution in [0.25, 0.3) is 0 Å². The van der Waals surface area contributed by atoms with Crippen LogP contribution in [0.5, 0.6) is 0 Å². The zero-order chi connectivity index (χ0) is 12.1. The summed E-state index contributed by atoms with van der Waals surface area (Å²) in [6.45, 7) is 1.81. The maximum Gasteiger partial charge on any atom is 0.107 e. The fourth-order valence-corrected chi connectivity index (χ4v) is 1.50. The van der Waals surface area contributed by atoms with Crippen LogP contribution in [-0.4, -0.2) is 7.85 Å². The van der Waals surface area contributed by atoms with Crippen LogP contribution in [0.4, 0.5) is 0 Å². The molecule has 0 spiro atoms. The van der Waals surface area contributed by atoms with E-state index in [2.05, 4.69) is 0 Å². The molecule has 0 bridgehead atoms. The Bertz CT molecular complexity index is 435. The number of hydrogen-bond acceptors (Lipinski definition) is 1. The molecule has 1 aromatic rings. The topological polar surface area (TPSA) is 26.0 Å². The Morgan fingerprint density at radius 2 is 2.00 bits per heavy atom. The van der Waals surface area contributed by atoms with Crippen LogP contribution >= 0.6 is 23.2 Å². The average molecular weight is 252 g/mol. The van der Waals surface area contributed by atoms with E-state index in [9.17, 15) is 0 Å². The van der Waals surface area contributed by atoms with E-state index in [-0.39, 0.29) is 0 Å². The molecule has 0 aliphatic rings. The number of halogens is 2. The summed E-state index contributed by atoms with van der Waals surface area (Å²) in [5.74, 6) is 0. The first-order chi connectivity index (χ1) is 7.49. The summed E-state index contributed by atoms with van der Waals surface area (Å²) in [5, 5.41) is 1.09. The van der Waals surface area contributed by atoms with Crippen molar-refractivity contribution in [1.29, 1.82) is 0 Å². The highest BCUT2D eigenvalue weighted by molar-refractivity contribution is 6.42. The molecular weight excluding hydrogens is 240 g/mol. The third-order valence-corrected chi connectivity index (χ3v) is 2.69. The van der Waals surface area contributed by atoms with E-state index >= 15 is 0 Å². The molecule has 4 heteroatoms. The van der Waals surface area contributed by atoms with Crippen molar-refractivity contribution < 1.29 is 0 Å². The van der Waals surface area contributed by atoms with Crippen molar-refractivity contribution in [3.8, 4) is 0 Å². The van der Waals surface area contributed by atoms with Gasteiger partial charge in [-0.25, -0.2) is 0 Å². The second-order valence-electron chi connectivity index (χ2n) is 3.58. The van der Waals surface area contributed by atoms with Crippen molar-refractivity contribution in [3.63, 3.8) is 0 Å². The van der Waals surface area contributed by atoms with E-state index in [1.54, 1.807) is 18.2 Å². The molecule has 16 heavy (non-hydrogen) atoms. The summed E-state index contributed by atoms with van der Waals surface area (Å²) in [5.41, 5.74) is 8.29. The molecule has 0 saturated carbocycles. The van der Waals surface area contributed by atoms with Crippen molar-refractivity contribution in [2.75, 3.05) is 0 Å². The van der Waals surface area contributed by atoms with E-state index in [1.807, 2.05) is 19.1 Å². The predicted octanol–water partition coefficient (Wildman–Crippen LogP) is 3.45. The standard InChI is InChI=1S/C12H12BCl2N/c1-8(13)2-4-10(16)6-9-3-5-11(14)12(15)7-9/h2-5,7H,6,16H2,1H3/b8-2+,10-4-. The molecule has 0 fully saturated rings. The van der Waals surface area contributed by atoms with Crippen LogP contribution < -0.4 is 5.73 Å². The average Bonchev–Trinajstić information content (AvgIpc) is 2.21. The molecule has 0 saturated heterocycles. The predicted molar refractivity (Wildman–Crippen MR) is 71.9 cm³/mol. The molecule has 1 rings (SSSR count). The summed E-state index contributed by atoms with van der Waals surface area (Å²) in [6, 6.07) is 5.47. The van der Waals surface area contributed by atoms with Crippen molar-refractivity contribution in [2.24, 2.45) is 5.73 Å². The summed E-state index contributed by atoms with van der Waals surface area (Å²) in [4.78, 5) is 0. The third-order valence-electron chi connectivity index (χ3n) is 1.95. The number of benzene rings is 1. The lowest BCUT2D eigenvalue weighted by Crippen LogP contribution is -2.00. The Kier molecular flexibility index (Phi) is 4.97. The van der Waals surface area contributed by atoms with E-state index in [4.69, 9.17) is 36.8 Å². The lowest BCUT2D eigenvalue weighted by Gasteiger charge is -2.03. The lowest BCUT2D eigenvalue weighted by molar-refractivity contribution is 1.11.